The number of halogens is 1. The molecule has 0 unspecified atom stereocenters. The van der Waals surface area contributed by atoms with Crippen molar-refractivity contribution in [1.29, 1.82) is 0 Å². The highest BCUT2D eigenvalue weighted by Gasteiger charge is 2.18. The van der Waals surface area contributed by atoms with E-state index in [1.54, 1.807) is 18.7 Å². The smallest absolute Gasteiger partial charge is 0.378 e. The number of esters is 1. The molecule has 0 amide bonds. The zero-order valence-electron chi connectivity index (χ0n) is 9.31. The van der Waals surface area contributed by atoms with Crippen molar-refractivity contribution >= 4 is 33.2 Å². The molecule has 0 saturated carbocycles. The summed E-state index contributed by atoms with van der Waals surface area (Å²) in [5, 5.41) is 5.99. The fraction of sp³-hybridized carbons (Fsp3) is 0.300. The van der Waals surface area contributed by atoms with Gasteiger partial charge in [0.15, 0.2) is 5.82 Å². The lowest BCUT2D eigenvalue weighted by atomic mass is 10.4. The number of carbonyl (C=O) groups is 1. The molecule has 90 valence electrons. The summed E-state index contributed by atoms with van der Waals surface area (Å²) < 4.78 is 7.37. The van der Waals surface area contributed by atoms with Crippen LogP contribution in [0.4, 0.5) is 0 Å². The summed E-state index contributed by atoms with van der Waals surface area (Å²) in [6, 6.07) is 1.93. The number of rotatable bonds is 3. The van der Waals surface area contributed by atoms with Crippen LogP contribution in [0.25, 0.3) is 10.7 Å². The largest absolute Gasteiger partial charge is 0.460 e. The molecule has 0 N–H and O–H groups in total. The van der Waals surface area contributed by atoms with Gasteiger partial charge in [0, 0.05) is 11.5 Å². The van der Waals surface area contributed by atoms with Gasteiger partial charge < -0.3 is 4.74 Å². The van der Waals surface area contributed by atoms with Crippen molar-refractivity contribution in [2.45, 2.75) is 6.92 Å². The maximum atomic E-state index is 11.5. The van der Waals surface area contributed by atoms with E-state index in [2.05, 4.69) is 26.0 Å². The van der Waals surface area contributed by atoms with Crippen molar-refractivity contribution < 1.29 is 9.53 Å². The quantitative estimate of drug-likeness (QED) is 0.816. The lowest BCUT2D eigenvalue weighted by Crippen LogP contribution is -2.07. The predicted octanol–water partition coefficient (Wildman–Crippen LogP) is 2.48. The van der Waals surface area contributed by atoms with Gasteiger partial charge in [-0.1, -0.05) is 0 Å². The maximum absolute atomic E-state index is 11.5. The zero-order valence-corrected chi connectivity index (χ0v) is 11.7. The predicted molar refractivity (Wildman–Crippen MR) is 68.0 cm³/mol. The number of ether oxygens (including phenoxy) is 1. The summed E-state index contributed by atoms with van der Waals surface area (Å²) in [5.74, 6) is 0.238. The van der Waals surface area contributed by atoms with Crippen LogP contribution >= 0.6 is 27.3 Å². The van der Waals surface area contributed by atoms with Gasteiger partial charge in [0.25, 0.3) is 5.82 Å². The third-order valence-corrected chi connectivity index (χ3v) is 3.87. The molecular weight excluding hydrogens is 306 g/mol. The van der Waals surface area contributed by atoms with Crippen molar-refractivity contribution in [3.8, 4) is 10.7 Å². The molecule has 0 aliphatic heterocycles. The fourth-order valence-electron chi connectivity index (χ4n) is 1.32. The third kappa shape index (κ3) is 2.39. The maximum Gasteiger partial charge on any atom is 0.378 e. The van der Waals surface area contributed by atoms with Gasteiger partial charge in [-0.2, -0.15) is 4.98 Å². The van der Waals surface area contributed by atoms with E-state index in [0.29, 0.717) is 12.4 Å². The number of aryl methyl sites for hydroxylation is 1. The van der Waals surface area contributed by atoms with Gasteiger partial charge in [0.05, 0.1) is 11.5 Å². The molecule has 0 fully saturated rings. The molecule has 2 aromatic rings. The van der Waals surface area contributed by atoms with E-state index in [4.69, 9.17) is 4.74 Å². The summed E-state index contributed by atoms with van der Waals surface area (Å²) >= 11 is 4.96. The second kappa shape index (κ2) is 4.97. The first kappa shape index (κ1) is 12.3. The summed E-state index contributed by atoms with van der Waals surface area (Å²) in [4.78, 5) is 16.6. The molecule has 0 bridgehead atoms. The second-order valence-corrected chi connectivity index (χ2v) is 4.97. The van der Waals surface area contributed by atoms with E-state index in [1.165, 1.54) is 11.3 Å². The number of carbonyl (C=O) groups excluding carboxylic acids is 1. The molecule has 2 aromatic heterocycles. The Balaban J connectivity index is 2.38. The van der Waals surface area contributed by atoms with Crippen LogP contribution in [-0.4, -0.2) is 27.3 Å². The molecule has 7 heteroatoms. The molecule has 0 aliphatic rings. The monoisotopic (exact) mass is 315 g/mol. The Labute approximate surface area is 111 Å². The van der Waals surface area contributed by atoms with Crippen molar-refractivity contribution in [1.82, 2.24) is 14.8 Å². The van der Waals surface area contributed by atoms with Crippen LogP contribution in [0.3, 0.4) is 0 Å². The molecule has 0 saturated heterocycles. The van der Waals surface area contributed by atoms with E-state index in [-0.39, 0.29) is 5.82 Å². The molecule has 2 rings (SSSR count). The average molecular weight is 316 g/mol. The SMILES string of the molecule is CCOC(=O)c1nc(-c2sccc2Br)n(C)n1. The van der Waals surface area contributed by atoms with Crippen molar-refractivity contribution in [2.24, 2.45) is 7.05 Å². The van der Waals surface area contributed by atoms with E-state index < -0.39 is 5.97 Å². The van der Waals surface area contributed by atoms with Crippen LogP contribution in [0.1, 0.15) is 17.5 Å². The van der Waals surface area contributed by atoms with Crippen LogP contribution < -0.4 is 0 Å². The molecular formula is C10H10BrN3O2S. The van der Waals surface area contributed by atoms with E-state index >= 15 is 0 Å². The van der Waals surface area contributed by atoms with Gasteiger partial charge in [-0.15, -0.1) is 16.4 Å². The van der Waals surface area contributed by atoms with Crippen LogP contribution in [0.2, 0.25) is 0 Å². The van der Waals surface area contributed by atoms with Gasteiger partial charge >= 0.3 is 5.97 Å². The molecule has 0 atom stereocenters. The van der Waals surface area contributed by atoms with E-state index in [9.17, 15) is 4.79 Å². The highest BCUT2D eigenvalue weighted by atomic mass is 79.9. The minimum atomic E-state index is -0.498. The Bertz CT molecular complexity index is 549. The Morgan fingerprint density at radius 3 is 3.00 bits per heavy atom. The average Bonchev–Trinajstić information content (AvgIpc) is 2.85. The molecule has 5 nitrogen and oxygen atoms in total. The molecule has 2 heterocycles. The summed E-state index contributed by atoms with van der Waals surface area (Å²) in [7, 11) is 1.75. The minimum Gasteiger partial charge on any atom is -0.460 e. The van der Waals surface area contributed by atoms with E-state index in [1.807, 2.05) is 11.4 Å². The van der Waals surface area contributed by atoms with Crippen LogP contribution in [-0.2, 0) is 11.8 Å². The first-order chi connectivity index (χ1) is 8.13. The third-order valence-electron chi connectivity index (χ3n) is 2.04. The normalized spacial score (nSPS) is 10.5. The van der Waals surface area contributed by atoms with Gasteiger partial charge in [0.2, 0.25) is 0 Å². The fourth-order valence-corrected chi connectivity index (χ4v) is 2.89. The minimum absolute atomic E-state index is 0.0876. The topological polar surface area (TPSA) is 57.0 Å². The molecule has 17 heavy (non-hydrogen) atoms. The van der Waals surface area contributed by atoms with Gasteiger partial charge in [-0.05, 0) is 34.3 Å². The Kier molecular flexibility index (Phi) is 3.58. The lowest BCUT2D eigenvalue weighted by Gasteiger charge is -1.95. The first-order valence-electron chi connectivity index (χ1n) is 4.95. The highest BCUT2D eigenvalue weighted by molar-refractivity contribution is 9.10. The van der Waals surface area contributed by atoms with Gasteiger partial charge in [-0.25, -0.2) is 9.48 Å². The van der Waals surface area contributed by atoms with Crippen LogP contribution in [0.5, 0.6) is 0 Å². The highest BCUT2D eigenvalue weighted by Crippen LogP contribution is 2.31. The summed E-state index contributed by atoms with van der Waals surface area (Å²) in [6.45, 7) is 2.06. The zero-order chi connectivity index (χ0) is 12.4. The second-order valence-electron chi connectivity index (χ2n) is 3.20. The summed E-state index contributed by atoms with van der Waals surface area (Å²) in [5.41, 5.74) is 0. The van der Waals surface area contributed by atoms with E-state index in [0.717, 1.165) is 9.35 Å². The number of nitrogens with zero attached hydrogens (tertiary/aromatic N) is 3. The standard InChI is InChI=1S/C10H10BrN3O2S/c1-3-16-10(15)8-12-9(14(2)13-8)7-6(11)4-5-17-7/h4-5H,3H2,1-2H3. The van der Waals surface area contributed by atoms with Crippen molar-refractivity contribution in [2.75, 3.05) is 6.61 Å². The molecule has 0 aromatic carbocycles. The van der Waals surface area contributed by atoms with Gasteiger partial charge in [-0.3, -0.25) is 0 Å². The number of aromatic nitrogens is 3. The lowest BCUT2D eigenvalue weighted by molar-refractivity contribution is 0.0512. The number of hydrogen-bond acceptors (Lipinski definition) is 5. The Morgan fingerprint density at radius 2 is 2.41 bits per heavy atom. The van der Waals surface area contributed by atoms with Crippen LogP contribution in [0.15, 0.2) is 15.9 Å². The Hall–Kier alpha value is -1.21. The number of thiophene rings is 1. The molecule has 0 aliphatic carbocycles. The number of hydrogen-bond donors (Lipinski definition) is 0. The van der Waals surface area contributed by atoms with Crippen molar-refractivity contribution in [3.63, 3.8) is 0 Å². The summed E-state index contributed by atoms with van der Waals surface area (Å²) in [6.07, 6.45) is 0. The Morgan fingerprint density at radius 1 is 1.65 bits per heavy atom. The van der Waals surface area contributed by atoms with Gasteiger partial charge in [0.1, 0.15) is 0 Å². The van der Waals surface area contributed by atoms with Crippen LogP contribution in [0, 0.1) is 0 Å². The van der Waals surface area contributed by atoms with Crippen molar-refractivity contribution in [3.05, 3.63) is 21.7 Å². The molecule has 0 radical (unpaired) electrons. The first-order valence-corrected chi connectivity index (χ1v) is 6.62. The molecule has 0 spiro atoms.